The Kier molecular flexibility index (Phi) is 66.7. The SMILES string of the molecule is CC/C=C\C/C=C\C/C=C\C/C=C\C/C=C\CCCCCC(=O)OC(COC(=O)CCCCCCCCCCCCCC/C=C\C/C=C\C/C=C\CCCCCCC)COC(=O)CCCCCCCCCCCCCCCCCCCC. The van der Waals surface area contributed by atoms with E-state index in [9.17, 15) is 14.4 Å². The summed E-state index contributed by atoms with van der Waals surface area (Å²) in [5.74, 6) is -0.906. The second kappa shape index (κ2) is 69.8. The monoisotopic (exact) mass is 1140 g/mol. The molecule has 0 heterocycles. The van der Waals surface area contributed by atoms with Crippen LogP contribution in [0.15, 0.2) is 97.2 Å². The van der Waals surface area contributed by atoms with Crippen LogP contribution >= 0.6 is 0 Å². The Balaban J connectivity index is 4.37. The second-order valence-electron chi connectivity index (χ2n) is 23.4. The molecule has 1 unspecified atom stereocenters. The average Bonchev–Trinajstić information content (AvgIpc) is 3.47. The molecule has 1 atom stereocenters. The van der Waals surface area contributed by atoms with Crippen LogP contribution in [0.3, 0.4) is 0 Å². The molecule has 0 fully saturated rings. The van der Waals surface area contributed by atoms with E-state index < -0.39 is 6.10 Å². The Morgan fingerprint density at radius 3 is 0.756 bits per heavy atom. The summed E-state index contributed by atoms with van der Waals surface area (Å²) in [7, 11) is 0. The van der Waals surface area contributed by atoms with Gasteiger partial charge < -0.3 is 14.2 Å². The summed E-state index contributed by atoms with van der Waals surface area (Å²) in [6, 6.07) is 0. The molecule has 0 rings (SSSR count). The molecule has 0 amide bonds. The lowest BCUT2D eigenvalue weighted by Crippen LogP contribution is -2.30. The quantitative estimate of drug-likeness (QED) is 0.0261. The van der Waals surface area contributed by atoms with Gasteiger partial charge in [-0.05, 0) is 103 Å². The minimum absolute atomic E-state index is 0.0884. The van der Waals surface area contributed by atoms with E-state index >= 15 is 0 Å². The second-order valence-corrected chi connectivity index (χ2v) is 23.4. The normalized spacial score (nSPS) is 12.7. The summed E-state index contributed by atoms with van der Waals surface area (Å²) in [6.07, 6.45) is 94.3. The fraction of sp³-hybridized carbons (Fsp3) is 0.750. The van der Waals surface area contributed by atoms with Crippen molar-refractivity contribution in [2.45, 2.75) is 354 Å². The van der Waals surface area contributed by atoms with Crippen LogP contribution in [0.25, 0.3) is 0 Å². The van der Waals surface area contributed by atoms with Gasteiger partial charge in [0.1, 0.15) is 13.2 Å². The fourth-order valence-corrected chi connectivity index (χ4v) is 10.1. The molecule has 0 aromatic carbocycles. The van der Waals surface area contributed by atoms with Crippen LogP contribution in [0, 0.1) is 0 Å². The Labute approximate surface area is 508 Å². The molecule has 0 aromatic heterocycles. The first-order valence-corrected chi connectivity index (χ1v) is 35.2. The lowest BCUT2D eigenvalue weighted by Gasteiger charge is -2.18. The van der Waals surface area contributed by atoms with Gasteiger partial charge in [-0.1, -0.05) is 323 Å². The third-order valence-electron chi connectivity index (χ3n) is 15.3. The lowest BCUT2D eigenvalue weighted by atomic mass is 10.0. The molecule has 0 aromatic rings. The number of hydrogen-bond donors (Lipinski definition) is 0. The van der Waals surface area contributed by atoms with Gasteiger partial charge in [0.2, 0.25) is 0 Å². The van der Waals surface area contributed by atoms with Crippen LogP contribution in [0.5, 0.6) is 0 Å². The molecule has 0 aliphatic heterocycles. The highest BCUT2D eigenvalue weighted by molar-refractivity contribution is 5.71. The van der Waals surface area contributed by atoms with Crippen LogP contribution in [0.1, 0.15) is 348 Å². The molecular formula is C76H132O6. The minimum Gasteiger partial charge on any atom is -0.462 e. The largest absolute Gasteiger partial charge is 0.462 e. The molecular weight excluding hydrogens is 1010 g/mol. The van der Waals surface area contributed by atoms with Crippen molar-refractivity contribution in [3.63, 3.8) is 0 Å². The average molecular weight is 1140 g/mol. The molecule has 6 heteroatoms. The molecule has 0 aliphatic carbocycles. The van der Waals surface area contributed by atoms with Crippen molar-refractivity contribution in [2.24, 2.45) is 0 Å². The van der Waals surface area contributed by atoms with E-state index in [0.717, 1.165) is 109 Å². The molecule has 0 radical (unpaired) electrons. The van der Waals surface area contributed by atoms with Crippen LogP contribution < -0.4 is 0 Å². The van der Waals surface area contributed by atoms with E-state index in [1.807, 2.05) is 0 Å². The van der Waals surface area contributed by atoms with Crippen molar-refractivity contribution in [3.05, 3.63) is 97.2 Å². The van der Waals surface area contributed by atoms with Gasteiger partial charge in [-0.25, -0.2) is 0 Å². The fourth-order valence-electron chi connectivity index (χ4n) is 10.1. The first-order chi connectivity index (χ1) is 40.5. The summed E-state index contributed by atoms with van der Waals surface area (Å²) < 4.78 is 17.0. The van der Waals surface area contributed by atoms with Gasteiger partial charge in [-0.3, -0.25) is 14.4 Å². The Morgan fingerprint density at radius 1 is 0.256 bits per heavy atom. The molecule has 82 heavy (non-hydrogen) atoms. The van der Waals surface area contributed by atoms with Crippen molar-refractivity contribution < 1.29 is 28.6 Å². The molecule has 0 saturated carbocycles. The predicted octanol–water partition coefficient (Wildman–Crippen LogP) is 24.4. The maximum atomic E-state index is 12.9. The van der Waals surface area contributed by atoms with E-state index in [1.165, 1.54) is 199 Å². The zero-order chi connectivity index (χ0) is 59.2. The Bertz CT molecular complexity index is 1590. The van der Waals surface area contributed by atoms with E-state index in [-0.39, 0.29) is 37.5 Å². The predicted molar refractivity (Wildman–Crippen MR) is 357 cm³/mol. The highest BCUT2D eigenvalue weighted by atomic mass is 16.6. The third kappa shape index (κ3) is 67.1. The molecule has 0 spiro atoms. The summed E-state index contributed by atoms with van der Waals surface area (Å²) in [4.78, 5) is 38.5. The van der Waals surface area contributed by atoms with Gasteiger partial charge in [0, 0.05) is 19.3 Å². The first-order valence-electron chi connectivity index (χ1n) is 35.2. The molecule has 0 saturated heterocycles. The molecule has 472 valence electrons. The zero-order valence-electron chi connectivity index (χ0n) is 54.2. The number of allylic oxidation sites excluding steroid dienone is 16. The van der Waals surface area contributed by atoms with Gasteiger partial charge in [-0.2, -0.15) is 0 Å². The van der Waals surface area contributed by atoms with Crippen molar-refractivity contribution in [3.8, 4) is 0 Å². The Morgan fingerprint density at radius 2 is 0.476 bits per heavy atom. The molecule has 6 nitrogen and oxygen atoms in total. The number of ether oxygens (including phenoxy) is 3. The summed E-state index contributed by atoms with van der Waals surface area (Å²) >= 11 is 0. The topological polar surface area (TPSA) is 78.9 Å². The van der Waals surface area contributed by atoms with E-state index in [1.54, 1.807) is 0 Å². The van der Waals surface area contributed by atoms with Gasteiger partial charge in [0.25, 0.3) is 0 Å². The summed E-state index contributed by atoms with van der Waals surface area (Å²) in [5, 5.41) is 0. The molecule has 0 bridgehead atoms. The van der Waals surface area contributed by atoms with Crippen LogP contribution in [-0.2, 0) is 28.6 Å². The minimum atomic E-state index is -0.797. The number of esters is 3. The van der Waals surface area contributed by atoms with Gasteiger partial charge in [0.15, 0.2) is 6.10 Å². The number of rotatable bonds is 64. The van der Waals surface area contributed by atoms with Crippen LogP contribution in [0.2, 0.25) is 0 Å². The highest BCUT2D eigenvalue weighted by Gasteiger charge is 2.19. The van der Waals surface area contributed by atoms with Gasteiger partial charge in [0.05, 0.1) is 0 Å². The van der Waals surface area contributed by atoms with Gasteiger partial charge in [-0.15, -0.1) is 0 Å². The third-order valence-corrected chi connectivity index (χ3v) is 15.3. The van der Waals surface area contributed by atoms with E-state index in [2.05, 4.69) is 118 Å². The molecule has 0 aliphatic rings. The number of carbonyl (C=O) groups excluding carboxylic acids is 3. The van der Waals surface area contributed by atoms with Crippen LogP contribution in [-0.4, -0.2) is 37.2 Å². The zero-order valence-corrected chi connectivity index (χ0v) is 54.2. The number of carbonyl (C=O) groups is 3. The standard InChI is InChI=1S/C76H132O6/c1-4-7-10-13-16-19-22-25-28-31-34-35-36-37-38-39-40-41-43-45-48-51-54-57-60-63-66-69-75(78)81-72-73(71-80-74(77)68-65-62-59-56-53-50-47-44-33-30-27-24-21-18-15-12-9-6-3)82-76(79)70-67-64-61-58-55-52-49-46-42-32-29-26-23-20-17-14-11-8-5-2/h8,11,17,20,22,25-26,29,31,34,36-37,42,46,52,55,73H,4-7,9-10,12-16,18-19,21,23-24,27-28,30,32-33,35,38-41,43-45,47-51,53-54,56-72H2,1-3H3/b11-8-,20-17-,25-22-,29-26-,34-31-,37-36-,46-42-,55-52-. The van der Waals surface area contributed by atoms with Crippen molar-refractivity contribution in [2.75, 3.05) is 13.2 Å². The Hall–Kier alpha value is -3.67. The number of hydrogen-bond acceptors (Lipinski definition) is 6. The van der Waals surface area contributed by atoms with Crippen molar-refractivity contribution in [1.29, 1.82) is 0 Å². The number of unbranched alkanes of at least 4 members (excludes halogenated alkanes) is 37. The highest BCUT2D eigenvalue weighted by Crippen LogP contribution is 2.17. The van der Waals surface area contributed by atoms with Gasteiger partial charge >= 0.3 is 17.9 Å². The molecule has 0 N–H and O–H groups in total. The maximum Gasteiger partial charge on any atom is 0.306 e. The van der Waals surface area contributed by atoms with Crippen molar-refractivity contribution in [1.82, 2.24) is 0 Å². The maximum absolute atomic E-state index is 12.9. The lowest BCUT2D eigenvalue weighted by molar-refractivity contribution is -0.167. The summed E-state index contributed by atoms with van der Waals surface area (Å²) in [5.41, 5.74) is 0. The summed E-state index contributed by atoms with van der Waals surface area (Å²) in [6.45, 7) is 6.53. The van der Waals surface area contributed by atoms with E-state index in [4.69, 9.17) is 14.2 Å². The van der Waals surface area contributed by atoms with Crippen LogP contribution in [0.4, 0.5) is 0 Å². The van der Waals surface area contributed by atoms with Crippen molar-refractivity contribution >= 4 is 17.9 Å². The first kappa shape index (κ1) is 78.3. The van der Waals surface area contributed by atoms with E-state index in [0.29, 0.717) is 12.8 Å². The smallest absolute Gasteiger partial charge is 0.306 e.